The van der Waals surface area contributed by atoms with E-state index in [1.165, 1.54) is 57.8 Å². The van der Waals surface area contributed by atoms with Gasteiger partial charge in [-0.15, -0.1) is 0 Å². The van der Waals surface area contributed by atoms with Gasteiger partial charge in [0.05, 0.1) is 0 Å². The van der Waals surface area contributed by atoms with Crippen LogP contribution in [-0.4, -0.2) is 12.1 Å². The molecule has 1 N–H and O–H groups in total. The van der Waals surface area contributed by atoms with Gasteiger partial charge in [0.15, 0.2) is 0 Å². The Morgan fingerprint density at radius 3 is 2.12 bits per heavy atom. The number of nitrogens with one attached hydrogen (secondary N) is 1. The summed E-state index contributed by atoms with van der Waals surface area (Å²) in [4.78, 5) is 0. The van der Waals surface area contributed by atoms with Crippen LogP contribution in [0.3, 0.4) is 0 Å². The number of rotatable bonds is 2. The predicted molar refractivity (Wildman–Crippen MR) is 73.1 cm³/mol. The standard InChI is InChI=1S/C16H29N/c1-13-5-4-6-15(13)17-14-7-11-16(12-8-14)9-2-3-10-16/h13-15,17H,2-12H2,1H3. The molecule has 3 aliphatic carbocycles. The van der Waals surface area contributed by atoms with E-state index in [0.29, 0.717) is 0 Å². The molecule has 17 heavy (non-hydrogen) atoms. The first-order valence-electron chi connectivity index (χ1n) is 8.04. The highest BCUT2D eigenvalue weighted by atomic mass is 15.0. The fraction of sp³-hybridized carbons (Fsp3) is 1.00. The molecule has 0 amide bonds. The van der Waals surface area contributed by atoms with Gasteiger partial charge in [0.25, 0.3) is 0 Å². The normalized spacial score (nSPS) is 37.9. The highest BCUT2D eigenvalue weighted by Crippen LogP contribution is 2.49. The van der Waals surface area contributed by atoms with Gasteiger partial charge in [-0.05, 0) is 62.7 Å². The highest BCUT2D eigenvalue weighted by Gasteiger charge is 2.38. The first-order valence-corrected chi connectivity index (χ1v) is 8.04. The van der Waals surface area contributed by atoms with E-state index >= 15 is 0 Å². The van der Waals surface area contributed by atoms with Gasteiger partial charge >= 0.3 is 0 Å². The minimum atomic E-state index is 0.805. The van der Waals surface area contributed by atoms with Gasteiger partial charge in [0.2, 0.25) is 0 Å². The Bertz CT molecular complexity index is 244. The molecule has 3 fully saturated rings. The molecule has 0 aliphatic heterocycles. The molecular formula is C16H29N. The van der Waals surface area contributed by atoms with Crippen LogP contribution in [0.1, 0.15) is 77.6 Å². The lowest BCUT2D eigenvalue weighted by Gasteiger charge is -2.39. The SMILES string of the molecule is CC1CCCC1NC1CCC2(CCCC2)CC1. The van der Waals surface area contributed by atoms with Crippen LogP contribution < -0.4 is 5.32 Å². The third kappa shape index (κ3) is 2.54. The minimum absolute atomic E-state index is 0.805. The van der Waals surface area contributed by atoms with E-state index in [0.717, 1.165) is 23.4 Å². The van der Waals surface area contributed by atoms with E-state index in [-0.39, 0.29) is 0 Å². The lowest BCUT2D eigenvalue weighted by molar-refractivity contribution is 0.159. The van der Waals surface area contributed by atoms with Crippen molar-refractivity contribution in [2.75, 3.05) is 0 Å². The molecule has 98 valence electrons. The Balaban J connectivity index is 1.48. The third-order valence-electron chi connectivity index (χ3n) is 6.02. The molecule has 0 saturated heterocycles. The maximum absolute atomic E-state index is 3.97. The summed E-state index contributed by atoms with van der Waals surface area (Å²) in [6.45, 7) is 2.44. The molecule has 3 aliphatic rings. The molecule has 0 heterocycles. The zero-order chi connectivity index (χ0) is 11.7. The maximum atomic E-state index is 3.97. The summed E-state index contributed by atoms with van der Waals surface area (Å²) < 4.78 is 0. The Morgan fingerprint density at radius 1 is 0.824 bits per heavy atom. The lowest BCUT2D eigenvalue weighted by Crippen LogP contribution is -2.43. The van der Waals surface area contributed by atoms with Crippen molar-refractivity contribution >= 4 is 0 Å². The molecular weight excluding hydrogens is 206 g/mol. The first kappa shape index (κ1) is 12.0. The largest absolute Gasteiger partial charge is 0.311 e. The van der Waals surface area contributed by atoms with Crippen molar-refractivity contribution in [1.29, 1.82) is 0 Å². The van der Waals surface area contributed by atoms with Crippen LogP contribution in [0.25, 0.3) is 0 Å². The van der Waals surface area contributed by atoms with Crippen molar-refractivity contribution < 1.29 is 0 Å². The van der Waals surface area contributed by atoms with Crippen LogP contribution in [0.5, 0.6) is 0 Å². The van der Waals surface area contributed by atoms with Crippen molar-refractivity contribution in [1.82, 2.24) is 5.32 Å². The predicted octanol–water partition coefficient (Wildman–Crippen LogP) is 4.27. The second-order valence-corrected chi connectivity index (χ2v) is 7.16. The highest BCUT2D eigenvalue weighted by molar-refractivity contribution is 4.93. The molecule has 2 unspecified atom stereocenters. The Labute approximate surface area is 107 Å². The van der Waals surface area contributed by atoms with Crippen LogP contribution in [0.4, 0.5) is 0 Å². The zero-order valence-electron chi connectivity index (χ0n) is 11.5. The van der Waals surface area contributed by atoms with Crippen LogP contribution in [0.2, 0.25) is 0 Å². The number of hydrogen-bond acceptors (Lipinski definition) is 1. The van der Waals surface area contributed by atoms with Gasteiger partial charge in [-0.3, -0.25) is 0 Å². The molecule has 3 saturated carbocycles. The molecule has 0 radical (unpaired) electrons. The van der Waals surface area contributed by atoms with E-state index in [4.69, 9.17) is 0 Å². The van der Waals surface area contributed by atoms with Gasteiger partial charge < -0.3 is 5.32 Å². The molecule has 1 spiro atoms. The van der Waals surface area contributed by atoms with Crippen molar-refractivity contribution in [3.05, 3.63) is 0 Å². The van der Waals surface area contributed by atoms with Crippen LogP contribution in [0.15, 0.2) is 0 Å². The minimum Gasteiger partial charge on any atom is -0.311 e. The van der Waals surface area contributed by atoms with Gasteiger partial charge in [0.1, 0.15) is 0 Å². The molecule has 1 heteroatoms. The van der Waals surface area contributed by atoms with E-state index in [9.17, 15) is 0 Å². The summed E-state index contributed by atoms with van der Waals surface area (Å²) in [6.07, 6.45) is 16.4. The maximum Gasteiger partial charge on any atom is 0.00952 e. The van der Waals surface area contributed by atoms with Gasteiger partial charge in [-0.25, -0.2) is 0 Å². The Morgan fingerprint density at radius 2 is 1.53 bits per heavy atom. The van der Waals surface area contributed by atoms with Crippen LogP contribution in [-0.2, 0) is 0 Å². The van der Waals surface area contributed by atoms with Crippen molar-refractivity contribution in [2.24, 2.45) is 11.3 Å². The molecule has 0 aromatic rings. The molecule has 1 nitrogen and oxygen atoms in total. The Hall–Kier alpha value is -0.0400. The van der Waals surface area contributed by atoms with Gasteiger partial charge in [0, 0.05) is 12.1 Å². The number of hydrogen-bond donors (Lipinski definition) is 1. The fourth-order valence-electron chi connectivity index (χ4n) is 4.72. The summed E-state index contributed by atoms with van der Waals surface area (Å²) in [5, 5.41) is 3.97. The summed E-state index contributed by atoms with van der Waals surface area (Å²) in [5.74, 6) is 0.928. The smallest absolute Gasteiger partial charge is 0.00952 e. The fourth-order valence-corrected chi connectivity index (χ4v) is 4.72. The molecule has 0 aromatic carbocycles. The average molecular weight is 235 g/mol. The second-order valence-electron chi connectivity index (χ2n) is 7.16. The van der Waals surface area contributed by atoms with Crippen molar-refractivity contribution in [3.63, 3.8) is 0 Å². The first-order chi connectivity index (χ1) is 8.27. The summed E-state index contributed by atoms with van der Waals surface area (Å²) in [6, 6.07) is 1.70. The van der Waals surface area contributed by atoms with E-state index in [2.05, 4.69) is 12.2 Å². The van der Waals surface area contributed by atoms with E-state index in [1.807, 2.05) is 0 Å². The van der Waals surface area contributed by atoms with E-state index < -0.39 is 0 Å². The lowest BCUT2D eigenvalue weighted by atomic mass is 9.71. The van der Waals surface area contributed by atoms with Crippen molar-refractivity contribution in [3.8, 4) is 0 Å². The van der Waals surface area contributed by atoms with Crippen molar-refractivity contribution in [2.45, 2.75) is 89.6 Å². The quantitative estimate of drug-likeness (QED) is 0.754. The van der Waals surface area contributed by atoms with Gasteiger partial charge in [-0.1, -0.05) is 26.2 Å². The topological polar surface area (TPSA) is 12.0 Å². The monoisotopic (exact) mass is 235 g/mol. The zero-order valence-corrected chi connectivity index (χ0v) is 11.5. The molecule has 2 atom stereocenters. The molecule has 0 aromatic heterocycles. The second kappa shape index (κ2) is 4.91. The van der Waals surface area contributed by atoms with Crippen LogP contribution in [0, 0.1) is 11.3 Å². The summed E-state index contributed by atoms with van der Waals surface area (Å²) in [5.41, 5.74) is 0.805. The van der Waals surface area contributed by atoms with Gasteiger partial charge in [-0.2, -0.15) is 0 Å². The third-order valence-corrected chi connectivity index (χ3v) is 6.02. The molecule has 3 rings (SSSR count). The summed E-state index contributed by atoms with van der Waals surface area (Å²) in [7, 11) is 0. The summed E-state index contributed by atoms with van der Waals surface area (Å²) >= 11 is 0. The van der Waals surface area contributed by atoms with E-state index in [1.54, 1.807) is 12.8 Å². The Kier molecular flexibility index (Phi) is 3.47. The van der Waals surface area contributed by atoms with Crippen LogP contribution >= 0.6 is 0 Å². The molecule has 0 bridgehead atoms. The average Bonchev–Trinajstić information content (AvgIpc) is 2.94.